The summed E-state index contributed by atoms with van der Waals surface area (Å²) in [5.74, 6) is 0.00491. The van der Waals surface area contributed by atoms with E-state index >= 15 is 0 Å². The number of hydrogen-bond acceptors (Lipinski definition) is 3. The summed E-state index contributed by atoms with van der Waals surface area (Å²) in [5, 5.41) is 4.08. The maximum absolute atomic E-state index is 13.0. The Morgan fingerprint density at radius 1 is 1.30 bits per heavy atom. The van der Waals surface area contributed by atoms with E-state index in [-0.39, 0.29) is 11.4 Å². The molecule has 0 unspecified atom stereocenters. The second-order valence-corrected chi connectivity index (χ2v) is 7.25. The number of nitrogens with zero attached hydrogens (tertiary/aromatic N) is 2. The molecule has 0 radical (unpaired) electrons. The Bertz CT molecular complexity index is 746. The van der Waals surface area contributed by atoms with Crippen LogP contribution in [0.5, 0.6) is 0 Å². The molecule has 0 atom stereocenters. The van der Waals surface area contributed by atoms with Crippen LogP contribution in [-0.4, -0.2) is 34.4 Å². The van der Waals surface area contributed by atoms with Crippen molar-refractivity contribution < 1.29 is 4.79 Å². The summed E-state index contributed by atoms with van der Waals surface area (Å²) in [6.07, 6.45) is 0.907. The van der Waals surface area contributed by atoms with Crippen molar-refractivity contribution in [1.82, 2.24) is 15.2 Å². The van der Waals surface area contributed by atoms with Crippen molar-refractivity contribution >= 4 is 16.8 Å². The molecule has 1 aromatic heterocycles. The number of pyridine rings is 1. The summed E-state index contributed by atoms with van der Waals surface area (Å²) in [6.45, 7) is 11.0. The smallest absolute Gasteiger partial charge is 0.252 e. The lowest BCUT2D eigenvalue weighted by molar-refractivity contribution is 0.0918. The maximum atomic E-state index is 13.0. The van der Waals surface area contributed by atoms with Crippen LogP contribution in [0.2, 0.25) is 0 Å². The Hall–Kier alpha value is -1.94. The molecule has 1 aromatic carbocycles. The molecule has 0 bridgehead atoms. The topological polar surface area (TPSA) is 45.2 Å². The molecule has 2 aromatic rings. The monoisotopic (exact) mass is 311 g/mol. The molecule has 0 fully saturated rings. The van der Waals surface area contributed by atoms with Crippen LogP contribution in [0.3, 0.4) is 0 Å². The summed E-state index contributed by atoms with van der Waals surface area (Å²) in [4.78, 5) is 20.2. The van der Waals surface area contributed by atoms with Crippen molar-refractivity contribution in [3.8, 4) is 0 Å². The van der Waals surface area contributed by atoms with E-state index in [1.165, 1.54) is 0 Å². The normalized spacial score (nSPS) is 15.5. The van der Waals surface area contributed by atoms with Gasteiger partial charge in [0.1, 0.15) is 0 Å². The highest BCUT2D eigenvalue weighted by Gasteiger charge is 2.26. The summed E-state index contributed by atoms with van der Waals surface area (Å²) < 4.78 is 0. The van der Waals surface area contributed by atoms with Gasteiger partial charge in [0.2, 0.25) is 0 Å². The number of benzene rings is 1. The zero-order valence-electron chi connectivity index (χ0n) is 14.4. The fourth-order valence-electron chi connectivity index (χ4n) is 3.18. The number of carbonyl (C=O) groups is 1. The van der Waals surface area contributed by atoms with Gasteiger partial charge in [-0.3, -0.25) is 14.7 Å². The Kier molecular flexibility index (Phi) is 4.11. The van der Waals surface area contributed by atoms with Crippen molar-refractivity contribution in [2.75, 3.05) is 13.1 Å². The Labute approximate surface area is 137 Å². The number of hydrogen-bond donors (Lipinski definition) is 1. The number of likely N-dealkylation sites (N-methyl/N-ethyl adjacent to an activating group) is 1. The van der Waals surface area contributed by atoms with E-state index in [0.717, 1.165) is 53.8 Å². The number of fused-ring (bicyclic) bond motifs is 2. The fourth-order valence-corrected chi connectivity index (χ4v) is 3.18. The van der Waals surface area contributed by atoms with Crippen LogP contribution in [0.15, 0.2) is 24.3 Å². The Morgan fingerprint density at radius 2 is 2.04 bits per heavy atom. The molecule has 1 N–H and O–H groups in total. The molecule has 0 spiro atoms. The van der Waals surface area contributed by atoms with Gasteiger partial charge in [-0.15, -0.1) is 0 Å². The molecule has 1 aliphatic rings. The molecule has 0 aliphatic carbocycles. The van der Waals surface area contributed by atoms with Gasteiger partial charge < -0.3 is 5.32 Å². The predicted octanol–water partition coefficient (Wildman–Crippen LogP) is 3.14. The third-order valence-corrected chi connectivity index (χ3v) is 4.29. The van der Waals surface area contributed by atoms with Crippen molar-refractivity contribution in [1.29, 1.82) is 0 Å². The van der Waals surface area contributed by atoms with E-state index in [0.29, 0.717) is 0 Å². The lowest BCUT2D eigenvalue weighted by Gasteiger charge is -2.30. The Balaban J connectivity index is 2.18. The number of rotatable bonds is 2. The number of nitrogens with one attached hydrogen (secondary N) is 1. The lowest BCUT2D eigenvalue weighted by Crippen LogP contribution is -2.42. The first kappa shape index (κ1) is 15.9. The van der Waals surface area contributed by atoms with Gasteiger partial charge in [-0.1, -0.05) is 25.1 Å². The highest BCUT2D eigenvalue weighted by atomic mass is 16.1. The molecule has 23 heavy (non-hydrogen) atoms. The second-order valence-electron chi connectivity index (χ2n) is 7.25. The summed E-state index contributed by atoms with van der Waals surface area (Å²) in [7, 11) is 0. The highest BCUT2D eigenvalue weighted by molar-refractivity contribution is 6.08. The highest BCUT2D eigenvalue weighted by Crippen LogP contribution is 2.28. The van der Waals surface area contributed by atoms with Crippen molar-refractivity contribution in [3.63, 3.8) is 0 Å². The molecular weight excluding hydrogens is 286 g/mol. The van der Waals surface area contributed by atoms with Gasteiger partial charge in [-0.05, 0) is 33.4 Å². The zero-order chi connectivity index (χ0) is 16.6. The van der Waals surface area contributed by atoms with Crippen LogP contribution in [-0.2, 0) is 13.0 Å². The molecule has 4 nitrogen and oxygen atoms in total. The molecule has 0 saturated carbocycles. The summed E-state index contributed by atoms with van der Waals surface area (Å²) >= 11 is 0. The van der Waals surface area contributed by atoms with Crippen molar-refractivity contribution in [2.45, 2.75) is 46.2 Å². The van der Waals surface area contributed by atoms with Gasteiger partial charge in [-0.2, -0.15) is 0 Å². The number of para-hydroxylation sites is 1. The van der Waals surface area contributed by atoms with Crippen LogP contribution in [0.25, 0.3) is 10.9 Å². The SMILES string of the molecule is CCN1CCc2nc3ccccc3c(C(=O)NC(C)(C)C)c2C1. The van der Waals surface area contributed by atoms with Gasteiger partial charge in [-0.25, -0.2) is 0 Å². The summed E-state index contributed by atoms with van der Waals surface area (Å²) in [6, 6.07) is 7.96. The molecule has 2 heterocycles. The Morgan fingerprint density at radius 3 is 2.74 bits per heavy atom. The minimum atomic E-state index is -0.256. The second kappa shape index (κ2) is 5.93. The van der Waals surface area contributed by atoms with Crippen LogP contribution in [0, 0.1) is 0 Å². The molecule has 1 amide bonds. The van der Waals surface area contributed by atoms with Crippen LogP contribution >= 0.6 is 0 Å². The molecule has 0 saturated heterocycles. The van der Waals surface area contributed by atoms with Gasteiger partial charge in [0.05, 0.1) is 11.1 Å². The maximum Gasteiger partial charge on any atom is 0.252 e. The van der Waals surface area contributed by atoms with E-state index in [1.807, 2.05) is 45.0 Å². The molecular formula is C19H25N3O. The van der Waals surface area contributed by atoms with Gasteiger partial charge >= 0.3 is 0 Å². The third-order valence-electron chi connectivity index (χ3n) is 4.29. The minimum absolute atomic E-state index is 0.00491. The van der Waals surface area contributed by atoms with Crippen molar-refractivity contribution in [3.05, 3.63) is 41.1 Å². The zero-order valence-corrected chi connectivity index (χ0v) is 14.4. The first-order chi connectivity index (χ1) is 10.9. The number of carbonyl (C=O) groups excluding carboxylic acids is 1. The van der Waals surface area contributed by atoms with E-state index in [9.17, 15) is 4.79 Å². The number of aromatic nitrogens is 1. The predicted molar refractivity (Wildman–Crippen MR) is 93.6 cm³/mol. The quantitative estimate of drug-likeness (QED) is 0.927. The molecule has 1 aliphatic heterocycles. The van der Waals surface area contributed by atoms with E-state index < -0.39 is 0 Å². The van der Waals surface area contributed by atoms with Crippen LogP contribution in [0.1, 0.15) is 49.3 Å². The lowest BCUT2D eigenvalue weighted by atomic mass is 9.94. The molecule has 3 rings (SSSR count). The average molecular weight is 311 g/mol. The standard InChI is InChI=1S/C19H25N3O/c1-5-22-11-10-16-14(12-22)17(18(23)21-19(2,3)4)13-8-6-7-9-15(13)20-16/h6-9H,5,10-12H2,1-4H3,(H,21,23). The van der Waals surface area contributed by atoms with E-state index in [1.54, 1.807) is 0 Å². The van der Waals surface area contributed by atoms with Crippen LogP contribution < -0.4 is 5.32 Å². The molecule has 122 valence electrons. The molecule has 4 heteroatoms. The van der Waals surface area contributed by atoms with Gasteiger partial charge in [0.15, 0.2) is 0 Å². The van der Waals surface area contributed by atoms with Gasteiger partial charge in [0, 0.05) is 41.7 Å². The number of amides is 1. The third kappa shape index (κ3) is 3.22. The average Bonchev–Trinajstić information content (AvgIpc) is 2.50. The van der Waals surface area contributed by atoms with Gasteiger partial charge in [0.25, 0.3) is 5.91 Å². The first-order valence-corrected chi connectivity index (χ1v) is 8.34. The van der Waals surface area contributed by atoms with Crippen LogP contribution in [0.4, 0.5) is 0 Å². The first-order valence-electron chi connectivity index (χ1n) is 8.34. The minimum Gasteiger partial charge on any atom is -0.347 e. The van der Waals surface area contributed by atoms with E-state index in [2.05, 4.69) is 17.1 Å². The largest absolute Gasteiger partial charge is 0.347 e. The van der Waals surface area contributed by atoms with E-state index in [4.69, 9.17) is 4.98 Å². The van der Waals surface area contributed by atoms with Crippen molar-refractivity contribution in [2.24, 2.45) is 0 Å². The summed E-state index contributed by atoms with van der Waals surface area (Å²) in [5.41, 5.74) is 3.63. The fraction of sp³-hybridized carbons (Fsp3) is 0.474.